The molecular formula is C15H19N3O3. The summed E-state index contributed by atoms with van der Waals surface area (Å²) in [4.78, 5) is 16.9. The first-order valence-corrected chi connectivity index (χ1v) is 7.07. The molecule has 0 radical (unpaired) electrons. The molecule has 0 saturated carbocycles. The maximum Gasteiger partial charge on any atom is 0.295 e. The van der Waals surface area contributed by atoms with Crippen molar-refractivity contribution in [3.63, 3.8) is 0 Å². The normalized spacial score (nSPS) is 10.8. The molecule has 1 aromatic heterocycles. The van der Waals surface area contributed by atoms with Crippen molar-refractivity contribution in [3.8, 4) is 0 Å². The number of pyridine rings is 1. The van der Waals surface area contributed by atoms with Crippen LogP contribution in [0.2, 0.25) is 0 Å². The fourth-order valence-electron chi connectivity index (χ4n) is 2.39. The molecule has 0 amide bonds. The minimum absolute atomic E-state index is 0.00814. The van der Waals surface area contributed by atoms with Crippen LogP contribution in [0.3, 0.4) is 0 Å². The lowest BCUT2D eigenvalue weighted by atomic mass is 10.1. The summed E-state index contributed by atoms with van der Waals surface area (Å²) in [5, 5.41) is 21.1. The first-order valence-electron chi connectivity index (χ1n) is 7.07. The predicted molar refractivity (Wildman–Crippen MR) is 82.6 cm³/mol. The van der Waals surface area contributed by atoms with Crippen molar-refractivity contribution < 1.29 is 10.0 Å². The highest BCUT2D eigenvalue weighted by Crippen LogP contribution is 2.30. The number of nitro benzene ring substituents is 1. The van der Waals surface area contributed by atoms with Gasteiger partial charge in [0.1, 0.15) is 5.52 Å². The molecule has 1 N–H and O–H groups in total. The number of benzene rings is 1. The molecule has 0 aliphatic carbocycles. The molecule has 2 aromatic rings. The summed E-state index contributed by atoms with van der Waals surface area (Å²) in [5.41, 5.74) is 1.28. The Kier molecular flexibility index (Phi) is 5.05. The number of hydrogen-bond donors (Lipinski definition) is 1. The van der Waals surface area contributed by atoms with Gasteiger partial charge in [-0.15, -0.1) is 0 Å². The van der Waals surface area contributed by atoms with Gasteiger partial charge in [-0.3, -0.25) is 10.1 Å². The number of nitro groups is 1. The van der Waals surface area contributed by atoms with Gasteiger partial charge in [0, 0.05) is 36.4 Å². The second-order valence-corrected chi connectivity index (χ2v) is 4.82. The summed E-state index contributed by atoms with van der Waals surface area (Å²) in [5.74, 6) is 0. The molecular weight excluding hydrogens is 270 g/mol. The van der Waals surface area contributed by atoms with E-state index in [1.165, 1.54) is 6.07 Å². The third-order valence-electron chi connectivity index (χ3n) is 3.42. The lowest BCUT2D eigenvalue weighted by Crippen LogP contribution is -2.28. The molecule has 0 atom stereocenters. The lowest BCUT2D eigenvalue weighted by molar-refractivity contribution is -0.383. The van der Waals surface area contributed by atoms with Crippen LogP contribution in [0.15, 0.2) is 30.5 Å². The fraction of sp³-hybridized carbons (Fsp3) is 0.400. The summed E-state index contributed by atoms with van der Waals surface area (Å²) in [6, 6.07) is 6.81. The van der Waals surface area contributed by atoms with E-state index in [9.17, 15) is 15.2 Å². The van der Waals surface area contributed by atoms with Gasteiger partial charge in [-0.2, -0.15) is 0 Å². The second kappa shape index (κ2) is 6.99. The number of rotatable bonds is 7. The van der Waals surface area contributed by atoms with Crippen molar-refractivity contribution in [2.24, 2.45) is 0 Å². The molecule has 112 valence electrons. The van der Waals surface area contributed by atoms with Crippen LogP contribution in [0.4, 0.5) is 11.4 Å². The van der Waals surface area contributed by atoms with Gasteiger partial charge in [0.2, 0.25) is 0 Å². The Bertz CT molecular complexity index is 631. The van der Waals surface area contributed by atoms with Crippen LogP contribution >= 0.6 is 0 Å². The number of aliphatic hydroxyl groups excluding tert-OH is 1. The zero-order chi connectivity index (χ0) is 15.2. The highest BCUT2D eigenvalue weighted by molar-refractivity contribution is 5.96. The number of fused-ring (bicyclic) bond motifs is 1. The zero-order valence-electron chi connectivity index (χ0n) is 12.0. The summed E-state index contributed by atoms with van der Waals surface area (Å²) in [7, 11) is 0. The summed E-state index contributed by atoms with van der Waals surface area (Å²) >= 11 is 0. The van der Waals surface area contributed by atoms with Gasteiger partial charge in [0.15, 0.2) is 0 Å². The number of hydrogen-bond acceptors (Lipinski definition) is 5. The highest BCUT2D eigenvalue weighted by atomic mass is 16.6. The third-order valence-corrected chi connectivity index (χ3v) is 3.42. The second-order valence-electron chi connectivity index (χ2n) is 4.82. The maximum absolute atomic E-state index is 11.1. The number of non-ortho nitro benzene ring substituents is 1. The first-order chi connectivity index (χ1) is 10.2. The number of nitrogens with zero attached hydrogens (tertiary/aromatic N) is 3. The van der Waals surface area contributed by atoms with Crippen molar-refractivity contribution in [1.82, 2.24) is 4.98 Å². The van der Waals surface area contributed by atoms with E-state index in [0.29, 0.717) is 12.1 Å². The average Bonchev–Trinajstić information content (AvgIpc) is 2.50. The van der Waals surface area contributed by atoms with E-state index in [1.54, 1.807) is 12.3 Å². The Balaban J connectivity index is 2.52. The van der Waals surface area contributed by atoms with E-state index in [2.05, 4.69) is 16.8 Å². The molecule has 1 aromatic carbocycles. The van der Waals surface area contributed by atoms with Crippen LogP contribution in [0.5, 0.6) is 0 Å². The standard InChI is InChI=1S/C15H19N3O3/c1-2-3-9-17(10-11-19)13-7-8-16-15-12(13)5-4-6-14(15)18(20)21/h4-8,19H,2-3,9-11H2,1H3. The van der Waals surface area contributed by atoms with Crippen LogP contribution in [0.1, 0.15) is 19.8 Å². The lowest BCUT2D eigenvalue weighted by Gasteiger charge is -2.25. The zero-order valence-corrected chi connectivity index (χ0v) is 12.0. The molecule has 0 fully saturated rings. The number of anilines is 1. The van der Waals surface area contributed by atoms with E-state index in [4.69, 9.17) is 0 Å². The Labute approximate surface area is 123 Å². The number of para-hydroxylation sites is 1. The minimum Gasteiger partial charge on any atom is -0.395 e. The van der Waals surface area contributed by atoms with Crippen molar-refractivity contribution in [2.75, 3.05) is 24.6 Å². The number of unbranched alkanes of at least 4 members (excludes halogenated alkanes) is 1. The smallest absolute Gasteiger partial charge is 0.295 e. The maximum atomic E-state index is 11.1. The van der Waals surface area contributed by atoms with E-state index in [-0.39, 0.29) is 12.3 Å². The minimum atomic E-state index is -0.415. The Hall–Kier alpha value is -2.21. The third kappa shape index (κ3) is 3.28. The van der Waals surface area contributed by atoms with Crippen LogP contribution in [-0.4, -0.2) is 34.7 Å². The molecule has 0 unspecified atom stereocenters. The van der Waals surface area contributed by atoms with Crippen LogP contribution in [-0.2, 0) is 0 Å². The van der Waals surface area contributed by atoms with Gasteiger partial charge >= 0.3 is 0 Å². The molecule has 1 heterocycles. The highest BCUT2D eigenvalue weighted by Gasteiger charge is 2.17. The first kappa shape index (κ1) is 15.2. The van der Waals surface area contributed by atoms with Gasteiger partial charge in [0.25, 0.3) is 5.69 Å². The predicted octanol–water partition coefficient (Wildman–Crippen LogP) is 2.74. The number of aromatic nitrogens is 1. The fourth-order valence-corrected chi connectivity index (χ4v) is 2.39. The van der Waals surface area contributed by atoms with Crippen molar-refractivity contribution in [1.29, 1.82) is 0 Å². The van der Waals surface area contributed by atoms with E-state index in [1.807, 2.05) is 12.1 Å². The summed E-state index contributed by atoms with van der Waals surface area (Å²) in [6.07, 6.45) is 3.63. The quantitative estimate of drug-likeness (QED) is 0.626. The Morgan fingerprint density at radius 3 is 2.81 bits per heavy atom. The van der Waals surface area contributed by atoms with Gasteiger partial charge in [-0.25, -0.2) is 4.98 Å². The molecule has 6 heteroatoms. The van der Waals surface area contributed by atoms with Gasteiger partial charge in [-0.05, 0) is 12.5 Å². The van der Waals surface area contributed by atoms with Crippen molar-refractivity contribution in [2.45, 2.75) is 19.8 Å². The Morgan fingerprint density at radius 1 is 1.33 bits per heavy atom. The Morgan fingerprint density at radius 2 is 2.14 bits per heavy atom. The van der Waals surface area contributed by atoms with Gasteiger partial charge in [-0.1, -0.05) is 25.5 Å². The topological polar surface area (TPSA) is 79.5 Å². The van der Waals surface area contributed by atoms with Crippen LogP contribution in [0, 0.1) is 10.1 Å². The molecule has 0 spiro atoms. The summed E-state index contributed by atoms with van der Waals surface area (Å²) in [6.45, 7) is 3.45. The average molecular weight is 289 g/mol. The molecule has 0 bridgehead atoms. The largest absolute Gasteiger partial charge is 0.395 e. The van der Waals surface area contributed by atoms with Gasteiger partial charge in [0.05, 0.1) is 11.5 Å². The monoisotopic (exact) mass is 289 g/mol. The van der Waals surface area contributed by atoms with Crippen molar-refractivity contribution in [3.05, 3.63) is 40.6 Å². The van der Waals surface area contributed by atoms with E-state index >= 15 is 0 Å². The SMILES string of the molecule is CCCCN(CCO)c1ccnc2c([N+](=O)[O-])cccc12. The summed E-state index contributed by atoms with van der Waals surface area (Å²) < 4.78 is 0. The molecule has 6 nitrogen and oxygen atoms in total. The van der Waals surface area contributed by atoms with E-state index < -0.39 is 4.92 Å². The molecule has 21 heavy (non-hydrogen) atoms. The van der Waals surface area contributed by atoms with E-state index in [0.717, 1.165) is 30.5 Å². The molecule has 0 saturated heterocycles. The van der Waals surface area contributed by atoms with Crippen LogP contribution < -0.4 is 4.90 Å². The van der Waals surface area contributed by atoms with Crippen LogP contribution in [0.25, 0.3) is 10.9 Å². The number of aliphatic hydroxyl groups is 1. The molecule has 0 aliphatic rings. The van der Waals surface area contributed by atoms with Crippen molar-refractivity contribution >= 4 is 22.3 Å². The van der Waals surface area contributed by atoms with Gasteiger partial charge < -0.3 is 10.0 Å². The molecule has 2 rings (SSSR count). The molecule has 0 aliphatic heterocycles.